The number of hydrogen-bond donors (Lipinski definition) is 9. The van der Waals surface area contributed by atoms with Gasteiger partial charge >= 0.3 is 0 Å². The number of nitrogens with one attached hydrogen (secondary N) is 1. The zero-order valence-corrected chi connectivity index (χ0v) is 24.2. The van der Waals surface area contributed by atoms with Crippen molar-refractivity contribution < 1.29 is 64.6 Å². The van der Waals surface area contributed by atoms with Crippen molar-refractivity contribution in [3.05, 3.63) is 24.3 Å². The van der Waals surface area contributed by atoms with E-state index in [2.05, 4.69) is 24.4 Å². The van der Waals surface area contributed by atoms with Gasteiger partial charge in [0.05, 0.1) is 32.0 Å². The molecule has 14 nitrogen and oxygen atoms in total. The topological polar surface area (TPSA) is 228 Å². The van der Waals surface area contributed by atoms with Crippen molar-refractivity contribution in [2.24, 2.45) is 0 Å². The summed E-state index contributed by atoms with van der Waals surface area (Å²) in [7, 11) is 0. The minimum atomic E-state index is -1.78. The Bertz CT molecular complexity index is 826. The van der Waals surface area contributed by atoms with E-state index in [0.717, 1.165) is 19.3 Å². The molecular weight excluding hydrogens is 558 g/mol. The Balaban J connectivity index is 2.04. The van der Waals surface area contributed by atoms with Crippen LogP contribution in [0.25, 0.3) is 0 Å². The second-order valence-corrected chi connectivity index (χ2v) is 10.5. The average Bonchev–Trinajstić information content (AvgIpc) is 2.97. The van der Waals surface area contributed by atoms with E-state index in [-0.39, 0.29) is 18.9 Å². The smallest absolute Gasteiger partial charge is 0.220 e. The third-order valence-corrected chi connectivity index (χ3v) is 7.09. The van der Waals surface area contributed by atoms with Crippen molar-refractivity contribution in [1.29, 1.82) is 0 Å². The molecular formula is C28H49NO13. The molecule has 0 radical (unpaired) electrons. The minimum absolute atomic E-state index is 0.222. The molecule has 2 saturated heterocycles. The van der Waals surface area contributed by atoms with E-state index in [1.807, 2.05) is 6.92 Å². The van der Waals surface area contributed by atoms with Crippen molar-refractivity contribution in [3.8, 4) is 0 Å². The van der Waals surface area contributed by atoms with Crippen LogP contribution in [0.3, 0.4) is 0 Å². The fourth-order valence-corrected chi connectivity index (χ4v) is 4.59. The Morgan fingerprint density at radius 2 is 1.43 bits per heavy atom. The van der Waals surface area contributed by atoms with Crippen LogP contribution in [0, 0.1) is 0 Å². The number of unbranched alkanes of at least 4 members (excludes halogenated alkanes) is 2. The van der Waals surface area contributed by atoms with Crippen LogP contribution in [0.2, 0.25) is 0 Å². The van der Waals surface area contributed by atoms with Gasteiger partial charge < -0.3 is 65.1 Å². The standard InChI is InChI=1S/C28H49NO13/c1-3-5-6-7-8-9-10-12-17(32)16(29-20(33)11-4-2)15-39-27-25(38)23(36)26(19(14-31)41-27)42-28-24(37)22(35)21(34)18(13-30)40-28/h6-7,10,12,16-19,21-28,30-32,34-38H,3-5,8-9,11,13-15H2,1-2H3,(H,29,33)/b7-6+,12-10+. The highest BCUT2D eigenvalue weighted by Gasteiger charge is 2.50. The van der Waals surface area contributed by atoms with Gasteiger partial charge in [-0.15, -0.1) is 0 Å². The predicted octanol–water partition coefficient (Wildman–Crippen LogP) is -2.03. The summed E-state index contributed by atoms with van der Waals surface area (Å²) in [6.45, 7) is 2.18. The van der Waals surface area contributed by atoms with Gasteiger partial charge in [-0.2, -0.15) is 0 Å². The molecule has 2 aliphatic rings. The highest BCUT2D eigenvalue weighted by Crippen LogP contribution is 2.29. The van der Waals surface area contributed by atoms with Crippen molar-refractivity contribution in [2.45, 2.75) is 126 Å². The molecule has 1 amide bonds. The van der Waals surface area contributed by atoms with Crippen LogP contribution >= 0.6 is 0 Å². The fourth-order valence-electron chi connectivity index (χ4n) is 4.59. The highest BCUT2D eigenvalue weighted by molar-refractivity contribution is 5.76. The quantitative estimate of drug-likeness (QED) is 0.0643. The average molecular weight is 608 g/mol. The number of aliphatic hydroxyl groups excluding tert-OH is 8. The summed E-state index contributed by atoms with van der Waals surface area (Å²) in [5, 5.41) is 84.5. The largest absolute Gasteiger partial charge is 0.394 e. The summed E-state index contributed by atoms with van der Waals surface area (Å²) in [4.78, 5) is 12.3. The van der Waals surface area contributed by atoms with Gasteiger partial charge in [-0.05, 0) is 25.7 Å². The Morgan fingerprint density at radius 3 is 2.07 bits per heavy atom. The summed E-state index contributed by atoms with van der Waals surface area (Å²) in [5.41, 5.74) is 0. The van der Waals surface area contributed by atoms with Crippen LogP contribution in [0.15, 0.2) is 24.3 Å². The molecule has 42 heavy (non-hydrogen) atoms. The number of rotatable bonds is 17. The molecule has 2 aliphatic heterocycles. The predicted molar refractivity (Wildman–Crippen MR) is 148 cm³/mol. The van der Waals surface area contributed by atoms with Gasteiger partial charge in [-0.1, -0.05) is 44.6 Å². The van der Waals surface area contributed by atoms with E-state index >= 15 is 0 Å². The Labute approximate surface area is 246 Å². The van der Waals surface area contributed by atoms with Gasteiger partial charge in [0.1, 0.15) is 48.8 Å². The number of amides is 1. The van der Waals surface area contributed by atoms with E-state index in [9.17, 15) is 45.6 Å². The van der Waals surface area contributed by atoms with Crippen molar-refractivity contribution in [1.82, 2.24) is 5.32 Å². The first-order valence-electron chi connectivity index (χ1n) is 14.6. The maximum Gasteiger partial charge on any atom is 0.220 e. The van der Waals surface area contributed by atoms with E-state index in [1.165, 1.54) is 0 Å². The van der Waals surface area contributed by atoms with Crippen LogP contribution in [-0.4, -0.2) is 140 Å². The number of hydrogen-bond acceptors (Lipinski definition) is 13. The lowest BCUT2D eigenvalue weighted by molar-refractivity contribution is -0.359. The molecule has 9 N–H and O–H groups in total. The Morgan fingerprint density at radius 1 is 0.810 bits per heavy atom. The van der Waals surface area contributed by atoms with Crippen LogP contribution in [0.1, 0.15) is 52.4 Å². The van der Waals surface area contributed by atoms with Gasteiger partial charge in [-0.25, -0.2) is 0 Å². The molecule has 0 aromatic heterocycles. The number of aliphatic hydroxyl groups is 8. The molecule has 244 valence electrons. The normalized spacial score (nSPS) is 35.5. The van der Waals surface area contributed by atoms with Gasteiger partial charge in [-0.3, -0.25) is 4.79 Å². The molecule has 0 bridgehead atoms. The lowest BCUT2D eigenvalue weighted by Gasteiger charge is -2.46. The number of allylic oxidation sites excluding steroid dienone is 3. The third-order valence-electron chi connectivity index (χ3n) is 7.09. The summed E-state index contributed by atoms with van der Waals surface area (Å²) in [6.07, 6.45) is -5.16. The van der Waals surface area contributed by atoms with Crippen LogP contribution in [0.5, 0.6) is 0 Å². The lowest BCUT2D eigenvalue weighted by Crippen LogP contribution is -2.65. The maximum atomic E-state index is 12.3. The summed E-state index contributed by atoms with van der Waals surface area (Å²) in [6, 6.07) is -0.917. The van der Waals surface area contributed by atoms with Gasteiger partial charge in [0.15, 0.2) is 12.6 Å². The monoisotopic (exact) mass is 607 g/mol. The zero-order chi connectivity index (χ0) is 31.2. The first-order chi connectivity index (χ1) is 20.1. The van der Waals surface area contributed by atoms with Crippen molar-refractivity contribution >= 4 is 5.91 Å². The van der Waals surface area contributed by atoms with Crippen LogP contribution < -0.4 is 5.32 Å². The fraction of sp³-hybridized carbons (Fsp3) is 0.821. The SMILES string of the molecule is CCC/C=C/CC/C=C/C(O)C(COC1OC(CO)C(OC2OC(CO)C(O)C(O)C2O)C(O)C1O)NC(=O)CCC. The molecule has 2 rings (SSSR count). The van der Waals surface area contributed by atoms with E-state index < -0.39 is 86.8 Å². The molecule has 14 heteroatoms. The summed E-state index contributed by atoms with van der Waals surface area (Å²) < 4.78 is 22.1. The van der Waals surface area contributed by atoms with Crippen LogP contribution in [-0.2, 0) is 23.7 Å². The second kappa shape index (κ2) is 19.0. The maximum absolute atomic E-state index is 12.3. The molecule has 0 spiro atoms. The number of carbonyl (C=O) groups is 1. The van der Waals surface area contributed by atoms with Crippen molar-refractivity contribution in [2.75, 3.05) is 19.8 Å². The molecule has 2 fully saturated rings. The van der Waals surface area contributed by atoms with E-state index in [1.54, 1.807) is 12.2 Å². The Hall–Kier alpha value is -1.53. The van der Waals surface area contributed by atoms with Gasteiger partial charge in [0, 0.05) is 6.42 Å². The summed E-state index contributed by atoms with van der Waals surface area (Å²) >= 11 is 0. The minimum Gasteiger partial charge on any atom is -0.394 e. The first kappa shape index (κ1) is 36.7. The van der Waals surface area contributed by atoms with Gasteiger partial charge in [0.25, 0.3) is 0 Å². The highest BCUT2D eigenvalue weighted by atomic mass is 16.7. The molecule has 0 aromatic carbocycles. The second-order valence-electron chi connectivity index (χ2n) is 10.5. The third kappa shape index (κ3) is 10.6. The number of ether oxygens (including phenoxy) is 4. The Kier molecular flexibility index (Phi) is 16.6. The zero-order valence-electron chi connectivity index (χ0n) is 24.2. The molecule has 2 heterocycles. The van der Waals surface area contributed by atoms with Crippen LogP contribution in [0.4, 0.5) is 0 Å². The first-order valence-corrected chi connectivity index (χ1v) is 14.6. The van der Waals surface area contributed by atoms with Crippen molar-refractivity contribution in [3.63, 3.8) is 0 Å². The number of carbonyl (C=O) groups excluding carboxylic acids is 1. The molecule has 0 saturated carbocycles. The van der Waals surface area contributed by atoms with E-state index in [4.69, 9.17) is 18.9 Å². The molecule has 0 aromatic rings. The molecule has 12 unspecified atom stereocenters. The molecule has 12 atom stereocenters. The summed E-state index contributed by atoms with van der Waals surface area (Å²) in [5.74, 6) is -0.313. The van der Waals surface area contributed by atoms with Gasteiger partial charge in [0.2, 0.25) is 5.91 Å². The van der Waals surface area contributed by atoms with E-state index in [0.29, 0.717) is 12.8 Å². The molecule has 0 aliphatic carbocycles. The lowest BCUT2D eigenvalue weighted by atomic mass is 9.97.